The predicted octanol–water partition coefficient (Wildman–Crippen LogP) is 4.89. The monoisotopic (exact) mass is 402 g/mol. The number of unbranched alkanes of at least 4 members (excludes halogenated alkanes) is 1. The van der Waals surface area contributed by atoms with Gasteiger partial charge in [0, 0.05) is 49.9 Å². The minimum absolute atomic E-state index is 0.110. The molecule has 2 atom stereocenters. The van der Waals surface area contributed by atoms with E-state index in [4.69, 9.17) is 0 Å². The van der Waals surface area contributed by atoms with Crippen LogP contribution in [0.2, 0.25) is 0 Å². The van der Waals surface area contributed by atoms with Crippen molar-refractivity contribution < 1.29 is 4.79 Å². The van der Waals surface area contributed by atoms with Crippen molar-refractivity contribution in [1.82, 2.24) is 14.7 Å². The minimum Gasteiger partial charge on any atom is -0.377 e. The van der Waals surface area contributed by atoms with Crippen LogP contribution in [0.15, 0.2) is 67.0 Å². The first-order valence-electron chi connectivity index (χ1n) is 10.8. The Morgan fingerprint density at radius 2 is 1.90 bits per heavy atom. The molecule has 4 rings (SSSR count). The number of anilines is 1. The van der Waals surface area contributed by atoms with E-state index >= 15 is 0 Å². The summed E-state index contributed by atoms with van der Waals surface area (Å²) in [5, 5.41) is 7.92. The van der Waals surface area contributed by atoms with E-state index in [0.29, 0.717) is 13.0 Å². The van der Waals surface area contributed by atoms with E-state index in [1.165, 1.54) is 11.1 Å². The molecular weight excluding hydrogens is 372 g/mol. The lowest BCUT2D eigenvalue weighted by molar-refractivity contribution is -0.132. The van der Waals surface area contributed by atoms with Gasteiger partial charge < -0.3 is 10.2 Å². The van der Waals surface area contributed by atoms with Crippen LogP contribution in [-0.2, 0) is 18.4 Å². The predicted molar refractivity (Wildman–Crippen MR) is 120 cm³/mol. The molecular formula is C25H30N4O. The summed E-state index contributed by atoms with van der Waals surface area (Å²) in [4.78, 5) is 15.5. The fraction of sp³-hybridized carbons (Fsp3) is 0.360. The number of aromatic nitrogens is 2. The summed E-state index contributed by atoms with van der Waals surface area (Å²) in [5.41, 5.74) is 4.67. The zero-order valence-electron chi connectivity index (χ0n) is 17.8. The molecule has 156 valence electrons. The van der Waals surface area contributed by atoms with Crippen LogP contribution in [0.25, 0.3) is 0 Å². The third kappa shape index (κ3) is 4.40. The molecule has 1 aliphatic heterocycles. The Kier molecular flexibility index (Phi) is 6.17. The second kappa shape index (κ2) is 9.16. The molecule has 0 bridgehead atoms. The highest BCUT2D eigenvalue weighted by Crippen LogP contribution is 2.46. The molecule has 2 aromatic carbocycles. The second-order valence-corrected chi connectivity index (χ2v) is 8.12. The number of aryl methyl sites for hydroxylation is 1. The fourth-order valence-electron chi connectivity index (χ4n) is 4.34. The van der Waals surface area contributed by atoms with Gasteiger partial charge in [-0.25, -0.2) is 0 Å². The summed E-state index contributed by atoms with van der Waals surface area (Å²) in [6, 6.07) is 18.9. The Balaban J connectivity index is 1.57. The van der Waals surface area contributed by atoms with E-state index in [0.717, 1.165) is 30.6 Å². The molecule has 30 heavy (non-hydrogen) atoms. The normalized spacial score (nSPS) is 17.4. The van der Waals surface area contributed by atoms with Gasteiger partial charge in [0.2, 0.25) is 5.91 Å². The first kappa shape index (κ1) is 20.2. The third-order valence-electron chi connectivity index (χ3n) is 5.89. The zero-order valence-corrected chi connectivity index (χ0v) is 17.8. The number of amides is 1. The number of nitrogens with zero attached hydrogens (tertiary/aromatic N) is 3. The standard InChI is InChI=1S/C25H30N4O/c1-3-4-14-29(18-19-16-26-28(2)17-19)24(30)15-22-21-12-8-9-13-23(21)27-25(22)20-10-6-5-7-11-20/h5-13,16-17,22,25,27H,3-4,14-15,18H2,1-2H3. The molecule has 0 fully saturated rings. The summed E-state index contributed by atoms with van der Waals surface area (Å²) in [6.07, 6.45) is 6.41. The van der Waals surface area contributed by atoms with Crippen LogP contribution >= 0.6 is 0 Å². The van der Waals surface area contributed by atoms with Crippen LogP contribution in [0.4, 0.5) is 5.69 Å². The van der Waals surface area contributed by atoms with Gasteiger partial charge in [-0.2, -0.15) is 5.10 Å². The van der Waals surface area contributed by atoms with E-state index < -0.39 is 0 Å². The number of hydrogen-bond acceptors (Lipinski definition) is 3. The van der Waals surface area contributed by atoms with Crippen LogP contribution in [0, 0.1) is 0 Å². The number of para-hydroxylation sites is 1. The minimum atomic E-state index is 0.110. The van der Waals surface area contributed by atoms with E-state index in [9.17, 15) is 4.79 Å². The summed E-state index contributed by atoms with van der Waals surface area (Å²) >= 11 is 0. The Morgan fingerprint density at radius 1 is 1.13 bits per heavy atom. The molecule has 5 heteroatoms. The van der Waals surface area contributed by atoms with Crippen molar-refractivity contribution in [3.8, 4) is 0 Å². The number of carbonyl (C=O) groups is 1. The van der Waals surface area contributed by atoms with E-state index in [1.807, 2.05) is 36.5 Å². The van der Waals surface area contributed by atoms with Crippen molar-refractivity contribution in [3.05, 3.63) is 83.7 Å². The van der Waals surface area contributed by atoms with Gasteiger partial charge in [0.05, 0.1) is 12.2 Å². The molecule has 1 N–H and O–H groups in total. The Morgan fingerprint density at radius 3 is 2.63 bits per heavy atom. The van der Waals surface area contributed by atoms with E-state index in [-0.39, 0.29) is 17.9 Å². The largest absolute Gasteiger partial charge is 0.377 e. The molecule has 0 radical (unpaired) electrons. The number of fused-ring (bicyclic) bond motifs is 1. The van der Waals surface area contributed by atoms with Crippen LogP contribution in [0.1, 0.15) is 54.8 Å². The van der Waals surface area contributed by atoms with Crippen LogP contribution in [0.3, 0.4) is 0 Å². The van der Waals surface area contributed by atoms with Gasteiger partial charge in [0.25, 0.3) is 0 Å². The van der Waals surface area contributed by atoms with Gasteiger partial charge in [-0.1, -0.05) is 61.9 Å². The van der Waals surface area contributed by atoms with Crippen molar-refractivity contribution in [2.45, 2.75) is 44.7 Å². The first-order valence-corrected chi connectivity index (χ1v) is 10.8. The molecule has 5 nitrogen and oxygen atoms in total. The lowest BCUT2D eigenvalue weighted by Crippen LogP contribution is -2.33. The van der Waals surface area contributed by atoms with E-state index in [1.54, 1.807) is 4.68 Å². The summed E-state index contributed by atoms with van der Waals surface area (Å²) in [5.74, 6) is 0.325. The van der Waals surface area contributed by atoms with Crippen molar-refractivity contribution in [1.29, 1.82) is 0 Å². The van der Waals surface area contributed by atoms with E-state index in [2.05, 4.69) is 59.8 Å². The van der Waals surface area contributed by atoms with Gasteiger partial charge in [0.1, 0.15) is 0 Å². The van der Waals surface area contributed by atoms with Crippen LogP contribution in [0.5, 0.6) is 0 Å². The van der Waals surface area contributed by atoms with Gasteiger partial charge in [-0.3, -0.25) is 9.48 Å². The molecule has 2 unspecified atom stereocenters. The van der Waals surface area contributed by atoms with Gasteiger partial charge in [-0.15, -0.1) is 0 Å². The average molecular weight is 403 g/mol. The smallest absolute Gasteiger partial charge is 0.223 e. The molecule has 1 aromatic heterocycles. The van der Waals surface area contributed by atoms with Gasteiger partial charge >= 0.3 is 0 Å². The van der Waals surface area contributed by atoms with Crippen molar-refractivity contribution in [2.24, 2.45) is 7.05 Å². The fourth-order valence-corrected chi connectivity index (χ4v) is 4.34. The van der Waals surface area contributed by atoms with Crippen LogP contribution in [-0.4, -0.2) is 27.1 Å². The molecule has 2 heterocycles. The van der Waals surface area contributed by atoms with Gasteiger partial charge in [-0.05, 0) is 23.6 Å². The highest BCUT2D eigenvalue weighted by atomic mass is 16.2. The summed E-state index contributed by atoms with van der Waals surface area (Å²) < 4.78 is 1.79. The first-order chi connectivity index (χ1) is 14.7. The van der Waals surface area contributed by atoms with Crippen LogP contribution < -0.4 is 5.32 Å². The number of nitrogens with one attached hydrogen (secondary N) is 1. The molecule has 0 spiro atoms. The molecule has 0 saturated heterocycles. The number of carbonyl (C=O) groups excluding carboxylic acids is 1. The van der Waals surface area contributed by atoms with Crippen molar-refractivity contribution >= 4 is 11.6 Å². The SMILES string of the molecule is CCCCN(Cc1cnn(C)c1)C(=O)CC1c2ccccc2NC1c1ccccc1. The number of benzene rings is 2. The number of rotatable bonds is 8. The maximum atomic E-state index is 13.5. The highest BCUT2D eigenvalue weighted by Gasteiger charge is 2.35. The molecule has 0 saturated carbocycles. The summed E-state index contributed by atoms with van der Waals surface area (Å²) in [7, 11) is 1.91. The maximum absolute atomic E-state index is 13.5. The quantitative estimate of drug-likeness (QED) is 0.584. The third-order valence-corrected chi connectivity index (χ3v) is 5.89. The van der Waals surface area contributed by atoms with Crippen molar-refractivity contribution in [2.75, 3.05) is 11.9 Å². The zero-order chi connectivity index (χ0) is 20.9. The Hall–Kier alpha value is -3.08. The Bertz CT molecular complexity index is 982. The lowest BCUT2D eigenvalue weighted by atomic mass is 9.87. The maximum Gasteiger partial charge on any atom is 0.223 e. The molecule has 1 amide bonds. The summed E-state index contributed by atoms with van der Waals surface area (Å²) in [6.45, 7) is 3.56. The second-order valence-electron chi connectivity index (χ2n) is 8.12. The molecule has 1 aliphatic rings. The molecule has 3 aromatic rings. The molecule has 0 aliphatic carbocycles. The van der Waals surface area contributed by atoms with Crippen molar-refractivity contribution in [3.63, 3.8) is 0 Å². The average Bonchev–Trinajstić information content (AvgIpc) is 3.35. The van der Waals surface area contributed by atoms with Gasteiger partial charge in [0.15, 0.2) is 0 Å². The lowest BCUT2D eigenvalue weighted by Gasteiger charge is -2.26. The highest BCUT2D eigenvalue weighted by molar-refractivity contribution is 5.79. The number of hydrogen-bond donors (Lipinski definition) is 1. The Labute approximate surface area is 178 Å². The topological polar surface area (TPSA) is 50.2 Å².